The van der Waals surface area contributed by atoms with Crippen molar-refractivity contribution in [3.05, 3.63) is 50.8 Å². The maximum absolute atomic E-state index is 13.4. The number of carbonyl (C=O) groups excluding carboxylic acids is 1. The summed E-state index contributed by atoms with van der Waals surface area (Å²) in [6.45, 7) is 2.30. The smallest absolute Gasteiger partial charge is 0.343 e. The molecular weight excluding hydrogens is 413 g/mol. The van der Waals surface area contributed by atoms with Gasteiger partial charge in [-0.1, -0.05) is 6.92 Å². The summed E-state index contributed by atoms with van der Waals surface area (Å²) in [5.74, 6) is 0.479. The number of rotatable bonds is 3. The largest absolute Gasteiger partial charge is 0.458 e. The highest BCUT2D eigenvalue weighted by Crippen LogP contribution is 2.43. The Morgan fingerprint density at radius 3 is 2.72 bits per heavy atom. The summed E-state index contributed by atoms with van der Waals surface area (Å²) in [6.07, 6.45) is 0.0888. The van der Waals surface area contributed by atoms with Crippen molar-refractivity contribution in [1.82, 2.24) is 14.8 Å². The first-order valence-corrected chi connectivity index (χ1v) is 10.3. The quantitative estimate of drug-likeness (QED) is 0.365. The Labute approximate surface area is 183 Å². The van der Waals surface area contributed by atoms with E-state index in [9.17, 15) is 14.7 Å². The summed E-state index contributed by atoms with van der Waals surface area (Å²) in [5, 5.41) is 14.6. The highest BCUT2D eigenvalue weighted by molar-refractivity contribution is 6.04. The van der Waals surface area contributed by atoms with E-state index in [4.69, 9.17) is 27.2 Å². The molecule has 10 heteroatoms. The number of cyclic esters (lactones) is 1. The number of hydrogen-bond donors (Lipinski definition) is 2. The molecule has 2 N–H and O–H groups in total. The van der Waals surface area contributed by atoms with Crippen LogP contribution in [0.1, 0.15) is 35.6 Å². The predicted octanol–water partition coefficient (Wildman–Crippen LogP) is 0.981. The third-order valence-corrected chi connectivity index (χ3v) is 6.58. The van der Waals surface area contributed by atoms with Crippen LogP contribution >= 0.6 is 0 Å². The van der Waals surface area contributed by atoms with Gasteiger partial charge < -0.3 is 29.1 Å². The molecule has 2 aromatic heterocycles. The number of pyridine rings is 2. The lowest BCUT2D eigenvalue weighted by Gasteiger charge is -2.31. The third kappa shape index (κ3) is 2.39. The first-order chi connectivity index (χ1) is 15.5. The van der Waals surface area contributed by atoms with Crippen LogP contribution in [0.25, 0.3) is 22.3 Å². The molecule has 0 aliphatic carbocycles. The van der Waals surface area contributed by atoms with E-state index in [0.29, 0.717) is 41.5 Å². The molecule has 0 saturated heterocycles. The second kappa shape index (κ2) is 6.57. The fraction of sp³-hybridized carbons (Fsp3) is 0.318. The molecule has 160 valence electrons. The highest BCUT2D eigenvalue weighted by Gasteiger charge is 2.45. The Kier molecular flexibility index (Phi) is 3.97. The monoisotopic (exact) mass is 431 g/mol. The molecular formula is C22H18BN3O6. The van der Waals surface area contributed by atoms with Crippen LogP contribution in [0.3, 0.4) is 0 Å². The number of benzene rings is 1. The molecule has 2 radical (unpaired) electrons. The Balaban J connectivity index is 1.65. The van der Waals surface area contributed by atoms with Gasteiger partial charge in [0.05, 0.1) is 29.0 Å². The lowest BCUT2D eigenvalue weighted by Crippen LogP contribution is -2.44. The molecule has 6 rings (SSSR count). The standard InChI is InChI=1S/C22H18BN3O6/c1-2-22(29)14-4-16-19-12(7-26(16)20(27)13(14)8-30-21(22)28)11(6-24-23)10-3-17-18(32-9-31-17)5-15(10)25-19/h3-5,24,29H,2,6-9H2,1H3/t22-/m0/s1. The average Bonchev–Trinajstić information content (AvgIpc) is 3.40. The van der Waals surface area contributed by atoms with Crippen LogP contribution in [-0.2, 0) is 34.8 Å². The van der Waals surface area contributed by atoms with E-state index in [-0.39, 0.29) is 36.5 Å². The average molecular weight is 431 g/mol. The number of ether oxygens (including phenoxy) is 3. The van der Waals surface area contributed by atoms with Crippen LogP contribution in [0, 0.1) is 0 Å². The summed E-state index contributed by atoms with van der Waals surface area (Å²) < 4.78 is 17.8. The molecule has 5 heterocycles. The molecule has 0 unspecified atom stereocenters. The summed E-state index contributed by atoms with van der Waals surface area (Å²) in [5.41, 5.74) is 1.96. The van der Waals surface area contributed by atoms with Gasteiger partial charge in [-0.15, -0.1) is 0 Å². The van der Waals surface area contributed by atoms with E-state index in [0.717, 1.165) is 16.5 Å². The number of aliphatic hydroxyl groups is 1. The van der Waals surface area contributed by atoms with Gasteiger partial charge in [0.15, 0.2) is 25.1 Å². The lowest BCUT2D eigenvalue weighted by atomic mass is 9.86. The van der Waals surface area contributed by atoms with Crippen molar-refractivity contribution in [2.45, 2.75) is 38.6 Å². The number of nitrogens with zero attached hydrogens (tertiary/aromatic N) is 2. The predicted molar refractivity (Wildman–Crippen MR) is 113 cm³/mol. The summed E-state index contributed by atoms with van der Waals surface area (Å²) in [7, 11) is 5.68. The Bertz CT molecular complexity index is 1400. The Hall–Kier alpha value is -3.37. The van der Waals surface area contributed by atoms with Crippen LogP contribution in [0.4, 0.5) is 0 Å². The minimum Gasteiger partial charge on any atom is -0.458 e. The zero-order chi connectivity index (χ0) is 22.2. The SMILES string of the molecule is [B]NCc1c2c(nc3cc4c(cc13)OCO4)-c1cc3c(c(=O)n1C2)COC(=O)[C@]3(O)CC. The van der Waals surface area contributed by atoms with E-state index >= 15 is 0 Å². The van der Waals surface area contributed by atoms with Crippen molar-refractivity contribution in [3.63, 3.8) is 0 Å². The van der Waals surface area contributed by atoms with Crippen molar-refractivity contribution < 1.29 is 24.1 Å². The molecule has 1 atom stereocenters. The first kappa shape index (κ1) is 19.3. The van der Waals surface area contributed by atoms with E-state index in [1.54, 1.807) is 23.6 Å². The van der Waals surface area contributed by atoms with Crippen LogP contribution in [0.15, 0.2) is 23.0 Å². The van der Waals surface area contributed by atoms with Crippen LogP contribution in [0.5, 0.6) is 11.5 Å². The van der Waals surface area contributed by atoms with Gasteiger partial charge in [-0.05, 0) is 24.1 Å². The second-order valence-corrected chi connectivity index (χ2v) is 8.12. The van der Waals surface area contributed by atoms with Gasteiger partial charge in [0, 0.05) is 29.1 Å². The Morgan fingerprint density at radius 2 is 1.97 bits per heavy atom. The maximum Gasteiger partial charge on any atom is 0.343 e. The van der Waals surface area contributed by atoms with E-state index in [1.807, 2.05) is 6.07 Å². The lowest BCUT2D eigenvalue weighted by molar-refractivity contribution is -0.172. The van der Waals surface area contributed by atoms with E-state index in [2.05, 4.69) is 5.23 Å². The van der Waals surface area contributed by atoms with Gasteiger partial charge in [-0.2, -0.15) is 0 Å². The molecule has 0 bridgehead atoms. The number of aromatic nitrogens is 2. The van der Waals surface area contributed by atoms with Crippen molar-refractivity contribution in [3.8, 4) is 22.9 Å². The maximum atomic E-state index is 13.4. The first-order valence-electron chi connectivity index (χ1n) is 10.3. The van der Waals surface area contributed by atoms with Crippen LogP contribution < -0.4 is 20.3 Å². The second-order valence-electron chi connectivity index (χ2n) is 8.12. The fourth-order valence-corrected chi connectivity index (χ4v) is 4.86. The zero-order valence-corrected chi connectivity index (χ0v) is 17.2. The molecule has 0 amide bonds. The van der Waals surface area contributed by atoms with E-state index < -0.39 is 11.6 Å². The van der Waals surface area contributed by atoms with Crippen molar-refractivity contribution >= 4 is 24.9 Å². The minimum atomic E-state index is -1.87. The molecule has 9 nitrogen and oxygen atoms in total. The van der Waals surface area contributed by atoms with Gasteiger partial charge in [0.2, 0.25) is 6.79 Å². The van der Waals surface area contributed by atoms with Crippen molar-refractivity contribution in [1.29, 1.82) is 0 Å². The van der Waals surface area contributed by atoms with E-state index in [1.165, 1.54) is 0 Å². The normalized spacial score (nSPS) is 20.1. The summed E-state index contributed by atoms with van der Waals surface area (Å²) in [4.78, 5) is 30.5. The molecule has 3 aromatic rings. The molecule has 3 aliphatic heterocycles. The van der Waals surface area contributed by atoms with Crippen molar-refractivity contribution in [2.24, 2.45) is 0 Å². The number of hydrogen-bond acceptors (Lipinski definition) is 8. The molecule has 0 saturated carbocycles. The summed E-state index contributed by atoms with van der Waals surface area (Å²) in [6, 6.07) is 5.37. The van der Waals surface area contributed by atoms with Gasteiger partial charge >= 0.3 is 5.97 Å². The number of fused-ring (bicyclic) bond motifs is 6. The number of esters is 1. The third-order valence-electron chi connectivity index (χ3n) is 6.58. The fourth-order valence-electron chi connectivity index (χ4n) is 4.86. The van der Waals surface area contributed by atoms with Crippen LogP contribution in [0.2, 0.25) is 0 Å². The van der Waals surface area contributed by atoms with Gasteiger partial charge in [-0.25, -0.2) is 9.78 Å². The number of nitrogens with one attached hydrogen (secondary N) is 1. The highest BCUT2D eigenvalue weighted by atomic mass is 16.7. The molecule has 1 aromatic carbocycles. The molecule has 0 fully saturated rings. The van der Waals surface area contributed by atoms with Crippen molar-refractivity contribution in [2.75, 3.05) is 6.79 Å². The topological polar surface area (TPSA) is 112 Å². The zero-order valence-electron chi connectivity index (χ0n) is 17.2. The molecule has 32 heavy (non-hydrogen) atoms. The Morgan fingerprint density at radius 1 is 1.19 bits per heavy atom. The van der Waals surface area contributed by atoms with Crippen LogP contribution in [-0.4, -0.2) is 35.4 Å². The molecule has 3 aliphatic rings. The van der Waals surface area contributed by atoms with Gasteiger partial charge in [-0.3, -0.25) is 4.79 Å². The van der Waals surface area contributed by atoms with Gasteiger partial charge in [0.1, 0.15) is 6.61 Å². The minimum absolute atomic E-state index is 0.0888. The molecule has 0 spiro atoms. The number of carbonyl (C=O) groups is 1. The summed E-state index contributed by atoms with van der Waals surface area (Å²) >= 11 is 0. The van der Waals surface area contributed by atoms with Gasteiger partial charge in [0.25, 0.3) is 5.56 Å².